The van der Waals surface area contributed by atoms with Gasteiger partial charge in [-0.1, -0.05) is 6.07 Å². The van der Waals surface area contributed by atoms with Gasteiger partial charge in [-0.2, -0.15) is 0 Å². The molecule has 0 aliphatic heterocycles. The van der Waals surface area contributed by atoms with Gasteiger partial charge in [0, 0.05) is 0 Å². The van der Waals surface area contributed by atoms with Crippen LogP contribution in [0.3, 0.4) is 0 Å². The molecule has 1 rings (SSSR count). The maximum Gasteiger partial charge on any atom is 0.183 e. The van der Waals surface area contributed by atoms with Crippen LogP contribution in [0.1, 0.15) is 22.8 Å². The Morgan fingerprint density at radius 1 is 1.36 bits per heavy atom. The minimum absolute atomic E-state index is 0.0584. The number of nitrogens with two attached hydrogens (primary N) is 1. The first kappa shape index (κ1) is 10.5. The van der Waals surface area contributed by atoms with Crippen molar-refractivity contribution >= 4 is 5.78 Å². The molecular weight excluding hydrogens is 182 g/mol. The zero-order chi connectivity index (χ0) is 10.9. The number of carbonyl (C=O) groups is 1. The summed E-state index contributed by atoms with van der Waals surface area (Å²) in [6, 6.07) is 2.32. The number of benzene rings is 1. The lowest BCUT2D eigenvalue weighted by atomic mass is 10.0. The van der Waals surface area contributed by atoms with E-state index in [-0.39, 0.29) is 11.3 Å². The summed E-state index contributed by atoms with van der Waals surface area (Å²) < 4.78 is 0. The molecule has 0 aliphatic carbocycles. The molecule has 14 heavy (non-hydrogen) atoms. The summed E-state index contributed by atoms with van der Waals surface area (Å²) in [4.78, 5) is 11.4. The molecule has 0 aromatic heterocycles. The van der Waals surface area contributed by atoms with Gasteiger partial charge in [0.05, 0.1) is 11.6 Å². The summed E-state index contributed by atoms with van der Waals surface area (Å²) >= 11 is 0. The molecular formula is C10H13NO3. The van der Waals surface area contributed by atoms with Crippen molar-refractivity contribution in [2.45, 2.75) is 19.9 Å². The SMILES string of the molecule is Cc1ccc(C(=O)C(C)N)c(O)c1O. The van der Waals surface area contributed by atoms with Gasteiger partial charge in [0.2, 0.25) is 0 Å². The minimum Gasteiger partial charge on any atom is -0.504 e. The Morgan fingerprint density at radius 2 is 1.93 bits per heavy atom. The van der Waals surface area contributed by atoms with E-state index in [1.807, 2.05) is 0 Å². The van der Waals surface area contributed by atoms with Gasteiger partial charge in [-0.05, 0) is 25.5 Å². The van der Waals surface area contributed by atoms with Crippen molar-refractivity contribution in [3.05, 3.63) is 23.3 Å². The number of phenolic OH excluding ortho intramolecular Hbond substituents is 2. The Morgan fingerprint density at radius 3 is 2.43 bits per heavy atom. The number of Topliss-reactive ketones (excluding diaryl/α,β-unsaturated/α-hetero) is 1. The fraction of sp³-hybridized carbons (Fsp3) is 0.300. The van der Waals surface area contributed by atoms with Crippen molar-refractivity contribution in [3.63, 3.8) is 0 Å². The lowest BCUT2D eigenvalue weighted by Crippen LogP contribution is -2.26. The van der Waals surface area contributed by atoms with Crippen LogP contribution >= 0.6 is 0 Å². The standard InChI is InChI=1S/C10H13NO3/c1-5-3-4-7(9(13)6(2)11)10(14)8(5)12/h3-4,6,12,14H,11H2,1-2H3. The fourth-order valence-electron chi connectivity index (χ4n) is 1.12. The molecule has 1 atom stereocenters. The van der Waals surface area contributed by atoms with E-state index in [1.54, 1.807) is 13.0 Å². The summed E-state index contributed by atoms with van der Waals surface area (Å²) in [5.41, 5.74) is 5.96. The number of hydrogen-bond donors (Lipinski definition) is 3. The first-order valence-corrected chi connectivity index (χ1v) is 4.26. The average molecular weight is 195 g/mol. The molecule has 4 N–H and O–H groups in total. The molecule has 1 aromatic rings. The minimum atomic E-state index is -0.692. The molecule has 0 saturated carbocycles. The molecule has 0 bridgehead atoms. The third kappa shape index (κ3) is 1.70. The molecule has 4 heteroatoms. The Labute approximate surface area is 82.0 Å². The summed E-state index contributed by atoms with van der Waals surface area (Å²) in [6.45, 7) is 3.16. The molecule has 0 spiro atoms. The zero-order valence-corrected chi connectivity index (χ0v) is 8.11. The summed E-state index contributed by atoms with van der Waals surface area (Å²) in [5.74, 6) is -1.05. The van der Waals surface area contributed by atoms with Crippen LogP contribution in [0, 0.1) is 6.92 Å². The molecule has 1 unspecified atom stereocenters. The van der Waals surface area contributed by atoms with E-state index in [9.17, 15) is 15.0 Å². The van der Waals surface area contributed by atoms with Crippen molar-refractivity contribution in [2.75, 3.05) is 0 Å². The fourth-order valence-corrected chi connectivity index (χ4v) is 1.12. The average Bonchev–Trinajstić information content (AvgIpc) is 2.13. The lowest BCUT2D eigenvalue weighted by Gasteiger charge is -2.09. The number of rotatable bonds is 2. The second-order valence-corrected chi connectivity index (χ2v) is 3.28. The van der Waals surface area contributed by atoms with Gasteiger partial charge in [0.25, 0.3) is 0 Å². The van der Waals surface area contributed by atoms with Gasteiger partial charge in [-0.3, -0.25) is 4.79 Å². The summed E-state index contributed by atoms with van der Waals surface area (Å²) in [6.07, 6.45) is 0. The number of ketones is 1. The second kappa shape index (κ2) is 3.67. The highest BCUT2D eigenvalue weighted by Gasteiger charge is 2.18. The van der Waals surface area contributed by atoms with E-state index in [2.05, 4.69) is 0 Å². The predicted molar refractivity (Wildman–Crippen MR) is 52.5 cm³/mol. The summed E-state index contributed by atoms with van der Waals surface area (Å²) in [7, 11) is 0. The van der Waals surface area contributed by atoms with Crippen molar-refractivity contribution < 1.29 is 15.0 Å². The van der Waals surface area contributed by atoms with E-state index < -0.39 is 17.6 Å². The topological polar surface area (TPSA) is 83.6 Å². The normalized spacial score (nSPS) is 12.5. The van der Waals surface area contributed by atoms with E-state index in [4.69, 9.17) is 5.73 Å². The van der Waals surface area contributed by atoms with Crippen molar-refractivity contribution in [1.82, 2.24) is 0 Å². The molecule has 0 saturated heterocycles. The number of aromatic hydroxyl groups is 2. The van der Waals surface area contributed by atoms with Crippen LogP contribution in [-0.4, -0.2) is 22.0 Å². The molecule has 0 radical (unpaired) electrons. The van der Waals surface area contributed by atoms with Crippen molar-refractivity contribution in [1.29, 1.82) is 0 Å². The van der Waals surface area contributed by atoms with Crippen LogP contribution < -0.4 is 5.73 Å². The van der Waals surface area contributed by atoms with Crippen LogP contribution in [0.2, 0.25) is 0 Å². The monoisotopic (exact) mass is 195 g/mol. The number of carbonyl (C=O) groups excluding carboxylic acids is 1. The maximum absolute atomic E-state index is 11.4. The Bertz CT molecular complexity index is 372. The zero-order valence-electron chi connectivity index (χ0n) is 8.11. The maximum atomic E-state index is 11.4. The van der Waals surface area contributed by atoms with E-state index in [0.717, 1.165) is 0 Å². The van der Waals surface area contributed by atoms with Gasteiger partial charge >= 0.3 is 0 Å². The Balaban J connectivity index is 3.24. The first-order valence-electron chi connectivity index (χ1n) is 4.26. The van der Waals surface area contributed by atoms with Gasteiger partial charge in [0.15, 0.2) is 17.3 Å². The molecule has 76 valence electrons. The van der Waals surface area contributed by atoms with Crippen molar-refractivity contribution in [3.8, 4) is 11.5 Å². The molecule has 0 amide bonds. The van der Waals surface area contributed by atoms with Gasteiger partial charge in [-0.15, -0.1) is 0 Å². The highest BCUT2D eigenvalue weighted by atomic mass is 16.3. The quantitative estimate of drug-likeness (QED) is 0.484. The highest BCUT2D eigenvalue weighted by molar-refractivity contribution is 6.02. The number of phenols is 2. The predicted octanol–water partition coefficient (Wildman–Crippen LogP) is 0.936. The van der Waals surface area contributed by atoms with Crippen LogP contribution in [0.4, 0.5) is 0 Å². The first-order chi connectivity index (χ1) is 6.45. The number of aryl methyl sites for hydroxylation is 1. The van der Waals surface area contributed by atoms with Crippen LogP contribution in [0.5, 0.6) is 11.5 Å². The molecule has 0 heterocycles. The smallest absolute Gasteiger partial charge is 0.183 e. The second-order valence-electron chi connectivity index (χ2n) is 3.28. The molecule has 1 aromatic carbocycles. The summed E-state index contributed by atoms with van der Waals surface area (Å²) in [5, 5.41) is 18.8. The van der Waals surface area contributed by atoms with E-state index >= 15 is 0 Å². The van der Waals surface area contributed by atoms with E-state index in [0.29, 0.717) is 5.56 Å². The molecule has 0 fully saturated rings. The lowest BCUT2D eigenvalue weighted by molar-refractivity contribution is 0.0964. The van der Waals surface area contributed by atoms with Crippen molar-refractivity contribution in [2.24, 2.45) is 5.73 Å². The largest absolute Gasteiger partial charge is 0.504 e. The third-order valence-electron chi connectivity index (χ3n) is 2.03. The Kier molecular flexibility index (Phi) is 2.76. The Hall–Kier alpha value is -1.55. The van der Waals surface area contributed by atoms with Gasteiger partial charge in [-0.25, -0.2) is 0 Å². The van der Waals surface area contributed by atoms with Gasteiger partial charge < -0.3 is 15.9 Å². The molecule has 0 aliphatic rings. The molecule has 4 nitrogen and oxygen atoms in total. The highest BCUT2D eigenvalue weighted by Crippen LogP contribution is 2.32. The van der Waals surface area contributed by atoms with E-state index in [1.165, 1.54) is 13.0 Å². The van der Waals surface area contributed by atoms with Crippen LogP contribution in [0.25, 0.3) is 0 Å². The number of hydrogen-bond acceptors (Lipinski definition) is 4. The van der Waals surface area contributed by atoms with Crippen LogP contribution in [0.15, 0.2) is 12.1 Å². The third-order valence-corrected chi connectivity index (χ3v) is 2.03. The van der Waals surface area contributed by atoms with Crippen LogP contribution in [-0.2, 0) is 0 Å². The van der Waals surface area contributed by atoms with Gasteiger partial charge in [0.1, 0.15) is 0 Å².